The van der Waals surface area contributed by atoms with Gasteiger partial charge in [0, 0.05) is 28.6 Å². The van der Waals surface area contributed by atoms with E-state index >= 15 is 0 Å². The van der Waals surface area contributed by atoms with E-state index in [-0.39, 0.29) is 97.7 Å². The van der Waals surface area contributed by atoms with Crippen LogP contribution < -0.4 is 25.0 Å². The fourth-order valence-electron chi connectivity index (χ4n) is 7.38. The van der Waals surface area contributed by atoms with Crippen molar-refractivity contribution in [1.29, 1.82) is 0 Å². The van der Waals surface area contributed by atoms with Gasteiger partial charge in [0.15, 0.2) is 5.75 Å². The number of carbonyl (C=O) groups excluding carboxylic acids is 1. The summed E-state index contributed by atoms with van der Waals surface area (Å²) in [4.78, 5) is 16.4. The molecule has 0 atom stereocenters. The van der Waals surface area contributed by atoms with Crippen molar-refractivity contribution < 1.29 is 55.5 Å². The van der Waals surface area contributed by atoms with Crippen molar-refractivity contribution in [3.05, 3.63) is 166 Å². The Morgan fingerprint density at radius 2 is 1.11 bits per heavy atom. The Labute approximate surface area is 470 Å². The number of azo groups is 2. The molecule has 8 aromatic carbocycles. The fourth-order valence-corrected chi connectivity index (χ4v) is 9.34. The van der Waals surface area contributed by atoms with Crippen LogP contribution in [0.15, 0.2) is 169 Å². The van der Waals surface area contributed by atoms with Crippen LogP contribution in [-0.2, 0) is 20.2 Å². The molecule has 0 heterocycles. The summed E-state index contributed by atoms with van der Waals surface area (Å²) in [5.74, 6) is -1.39. The van der Waals surface area contributed by atoms with Crippen LogP contribution in [0.5, 0.6) is 23.0 Å². The first-order chi connectivity index (χ1) is 35.2. The van der Waals surface area contributed by atoms with Gasteiger partial charge < -0.3 is 30.1 Å². The molecule has 4 N–H and O–H groups in total. The first-order valence-corrected chi connectivity index (χ1v) is 25.7. The van der Waals surface area contributed by atoms with E-state index in [1.807, 2.05) is 13.8 Å². The Kier molecular flexibility index (Phi) is 19.0. The molecule has 0 aliphatic heterocycles. The van der Waals surface area contributed by atoms with E-state index in [4.69, 9.17) is 32.7 Å². The number of nitrogens with zero attached hydrogens (tertiary/aromatic N) is 5. The Morgan fingerprint density at radius 1 is 0.627 bits per heavy atom. The summed E-state index contributed by atoms with van der Waals surface area (Å²) < 4.78 is 76.6. The second-order valence-corrected chi connectivity index (χ2v) is 19.5. The van der Waals surface area contributed by atoms with Gasteiger partial charge in [-0.2, -0.15) is 21.9 Å². The molecule has 23 heteroatoms. The first kappa shape index (κ1) is 57.6. The molecule has 0 fully saturated rings. The number of anilines is 1. The molecule has 0 spiro atoms. The normalized spacial score (nSPS) is 11.9. The van der Waals surface area contributed by atoms with Crippen molar-refractivity contribution in [1.82, 2.24) is 0 Å². The number of phenols is 1. The van der Waals surface area contributed by atoms with E-state index in [1.54, 1.807) is 97.1 Å². The summed E-state index contributed by atoms with van der Waals surface area (Å²) in [6.45, 7) is 7.52. The summed E-state index contributed by atoms with van der Waals surface area (Å²) in [6, 6.07) is 34.9. The number of fused-ring (bicyclic) bond motifs is 2. The largest absolute Gasteiger partial charge is 2.00 e. The summed E-state index contributed by atoms with van der Waals surface area (Å²) in [5, 5.41) is 58.5. The van der Waals surface area contributed by atoms with Crippen molar-refractivity contribution in [2.24, 2.45) is 25.4 Å². The molecule has 0 bridgehead atoms. The Morgan fingerprint density at radius 3 is 1.64 bits per heavy atom. The number of halogens is 2. The van der Waals surface area contributed by atoms with Crippen LogP contribution in [0.1, 0.15) is 40.9 Å². The molecule has 0 aromatic heterocycles. The predicted molar refractivity (Wildman–Crippen MR) is 284 cm³/mol. The number of ether oxygens (including phenoxy) is 2. The third-order valence-electron chi connectivity index (χ3n) is 10.8. The van der Waals surface area contributed by atoms with Gasteiger partial charge in [-0.25, -0.2) is 0 Å². The average molecular weight is 1120 g/mol. The average Bonchev–Trinajstić information content (AvgIpc) is 3.34. The van der Waals surface area contributed by atoms with E-state index in [1.165, 1.54) is 38.1 Å². The summed E-state index contributed by atoms with van der Waals surface area (Å²) in [7, 11) is -9.07. The number of benzene rings is 8. The van der Waals surface area contributed by atoms with E-state index in [2.05, 4.69) is 30.8 Å². The van der Waals surface area contributed by atoms with Crippen LogP contribution >= 0.6 is 23.2 Å². The molecule has 0 aliphatic rings. The number of hydrogen-bond acceptors (Lipinski definition) is 15. The fraction of sp³-hybridized carbons (Fsp3) is 0.115. The van der Waals surface area contributed by atoms with Crippen LogP contribution in [0, 0.1) is 13.8 Å². The maximum atomic E-state index is 13.3. The van der Waals surface area contributed by atoms with Gasteiger partial charge in [0.05, 0.1) is 50.0 Å². The summed E-state index contributed by atoms with van der Waals surface area (Å²) >= 11 is 12.4. The van der Waals surface area contributed by atoms with Crippen LogP contribution in [0.4, 0.5) is 34.1 Å². The standard InChI is InChI=1S/2C26H22ClN3O6S.Ca/c2*1-3-36-18-9-6-8-17(13-18)28-26(32)20-12-16-7-4-5-10-19(16)24(25(20)31)30-29-22-14-23(37(33,34)35)15(2)11-21(22)27;/h2*4-14,31H,3H2,1-2H3,(H,28,32)(H,33,34,35);/q;;+2/p-2. The number of aliphatic imine (C=N–C) groups is 1. The zero-order valence-electron chi connectivity index (χ0n) is 40.1. The van der Waals surface area contributed by atoms with Gasteiger partial charge in [-0.15, -0.1) is 15.3 Å². The smallest absolute Gasteiger partial charge is 0.871 e. The van der Waals surface area contributed by atoms with Crippen LogP contribution in [0.3, 0.4) is 0 Å². The SMILES string of the molecule is CCOc1cccc(N=C([O-])c2cc3ccccc3c(N=Nc3cc(S(=O)(=O)O)c(C)cc3Cl)c2[O-])c1.CCOc1cccc(NC(=O)c2cc3ccccc3c(N=Nc3cc(S(=O)(=O)O)c(C)cc3Cl)c2O)c1.[Ca+2]. The van der Waals surface area contributed by atoms with E-state index in [9.17, 15) is 46.1 Å². The number of rotatable bonds is 14. The summed E-state index contributed by atoms with van der Waals surface area (Å²) in [5.41, 5.74) is 0.651. The minimum absolute atomic E-state index is 0. The zero-order chi connectivity index (χ0) is 53.5. The van der Waals surface area contributed by atoms with Crippen LogP contribution in [0.25, 0.3) is 21.5 Å². The van der Waals surface area contributed by atoms with Gasteiger partial charge in [0.2, 0.25) is 0 Å². The number of nitrogens with one attached hydrogen (secondary N) is 1. The molecule has 1 amide bonds. The Bertz CT molecular complexity index is 3830. The van der Waals surface area contributed by atoms with Gasteiger partial charge >= 0.3 is 37.7 Å². The van der Waals surface area contributed by atoms with E-state index < -0.39 is 48.4 Å². The Hall–Kier alpha value is -6.72. The van der Waals surface area contributed by atoms with E-state index in [0.717, 1.165) is 12.1 Å². The molecule has 0 aliphatic carbocycles. The van der Waals surface area contributed by atoms with E-state index in [0.29, 0.717) is 57.6 Å². The van der Waals surface area contributed by atoms with Crippen molar-refractivity contribution in [3.63, 3.8) is 0 Å². The molecule has 0 radical (unpaired) electrons. The minimum Gasteiger partial charge on any atom is -0.871 e. The zero-order valence-corrected chi connectivity index (χ0v) is 45.5. The van der Waals surface area contributed by atoms with Crippen molar-refractivity contribution in [2.45, 2.75) is 37.5 Å². The number of carbonyl (C=O) groups is 1. The number of aromatic hydroxyl groups is 1. The van der Waals surface area contributed by atoms with Gasteiger partial charge in [-0.1, -0.05) is 89.6 Å². The summed E-state index contributed by atoms with van der Waals surface area (Å²) in [6.07, 6.45) is 0. The molecule has 8 rings (SSSR count). The minimum atomic E-state index is -4.54. The third-order valence-corrected chi connectivity index (χ3v) is 13.4. The van der Waals surface area contributed by atoms with Crippen LogP contribution in [0.2, 0.25) is 10.0 Å². The number of aryl methyl sites for hydroxylation is 2. The molecular weight excluding hydrogens is 1080 g/mol. The first-order valence-electron chi connectivity index (χ1n) is 22.1. The van der Waals surface area contributed by atoms with Crippen molar-refractivity contribution in [3.8, 4) is 23.0 Å². The molecule has 0 saturated heterocycles. The van der Waals surface area contributed by atoms with Crippen molar-refractivity contribution >= 4 is 149 Å². The van der Waals surface area contributed by atoms with Crippen LogP contribution in [-0.4, -0.2) is 93.8 Å². The van der Waals surface area contributed by atoms with Gasteiger partial charge in [-0.05, 0) is 122 Å². The van der Waals surface area contributed by atoms with Gasteiger partial charge in [0.25, 0.3) is 26.1 Å². The molecular formula is C52H42CaCl2N6O12S2. The maximum absolute atomic E-state index is 13.3. The molecule has 0 saturated carbocycles. The number of hydrogen-bond donors (Lipinski definition) is 4. The molecule has 0 unspecified atom stereocenters. The number of amides is 1. The van der Waals surface area contributed by atoms with Gasteiger partial charge in [0.1, 0.15) is 28.6 Å². The second-order valence-electron chi connectivity index (χ2n) is 15.9. The molecule has 380 valence electrons. The van der Waals surface area contributed by atoms with Crippen molar-refractivity contribution in [2.75, 3.05) is 18.5 Å². The van der Waals surface area contributed by atoms with Gasteiger partial charge in [-0.3, -0.25) is 18.9 Å². The quantitative estimate of drug-likeness (QED) is 0.0260. The number of phenolic OH excluding ortho intramolecular Hbond substituents is 1. The Balaban J connectivity index is 0.000000241. The second kappa shape index (κ2) is 24.7. The topological polar surface area (TPSA) is 284 Å². The molecule has 18 nitrogen and oxygen atoms in total. The third kappa shape index (κ3) is 14.0. The predicted octanol–water partition coefficient (Wildman–Crippen LogP) is 11.8. The molecule has 75 heavy (non-hydrogen) atoms. The molecule has 8 aromatic rings. The monoisotopic (exact) mass is 1120 g/mol. The maximum Gasteiger partial charge on any atom is 2.00 e.